The molecule has 24 heavy (non-hydrogen) atoms. The van der Waals surface area contributed by atoms with Gasteiger partial charge in [0.05, 0.1) is 18.3 Å². The van der Waals surface area contributed by atoms with Crippen LogP contribution in [0.3, 0.4) is 0 Å². The summed E-state index contributed by atoms with van der Waals surface area (Å²) in [6.45, 7) is 1.47. The van der Waals surface area contributed by atoms with Crippen molar-refractivity contribution in [1.82, 2.24) is 30.0 Å². The molecular formula is C13H18N6O3S2. The second-order valence-electron chi connectivity index (χ2n) is 5.77. The molecule has 0 unspecified atom stereocenters. The van der Waals surface area contributed by atoms with Crippen molar-refractivity contribution < 1.29 is 14.7 Å². The van der Waals surface area contributed by atoms with Crippen molar-refractivity contribution in [3.8, 4) is 0 Å². The maximum Gasteiger partial charge on any atom is 0.352 e. The highest BCUT2D eigenvalue weighted by Gasteiger charge is 2.45. The number of nitrogens with zero attached hydrogens (tertiary/aromatic N) is 6. The molecule has 3 heterocycles. The molecule has 1 amide bonds. The highest BCUT2D eigenvalue weighted by atomic mass is 32.2. The lowest BCUT2D eigenvalue weighted by Crippen LogP contribution is -2.54. The fourth-order valence-corrected chi connectivity index (χ4v) is 4.78. The summed E-state index contributed by atoms with van der Waals surface area (Å²) in [7, 11) is 3.95. The molecule has 0 radical (unpaired) electrons. The zero-order valence-corrected chi connectivity index (χ0v) is 15.0. The molecule has 1 aromatic heterocycles. The lowest BCUT2D eigenvalue weighted by molar-refractivity contribution is -0.146. The van der Waals surface area contributed by atoms with E-state index >= 15 is 0 Å². The van der Waals surface area contributed by atoms with Gasteiger partial charge in [-0.3, -0.25) is 9.69 Å². The van der Waals surface area contributed by atoms with E-state index in [1.807, 2.05) is 19.0 Å². The maximum absolute atomic E-state index is 11.7. The predicted octanol–water partition coefficient (Wildman–Crippen LogP) is -0.0293. The molecule has 9 nitrogen and oxygen atoms in total. The molecule has 0 bridgehead atoms. The third-order valence-electron chi connectivity index (χ3n) is 3.77. The third-order valence-corrected chi connectivity index (χ3v) is 6.09. The monoisotopic (exact) mass is 370 g/mol. The van der Waals surface area contributed by atoms with Crippen molar-refractivity contribution in [2.24, 2.45) is 0 Å². The molecule has 1 N–H and O–H groups in total. The van der Waals surface area contributed by atoms with Gasteiger partial charge >= 0.3 is 5.97 Å². The molecular weight excluding hydrogens is 352 g/mol. The first kappa shape index (κ1) is 17.2. The highest BCUT2D eigenvalue weighted by Crippen LogP contribution is 2.40. The first-order valence-electron chi connectivity index (χ1n) is 7.40. The molecule has 2 aliphatic heterocycles. The van der Waals surface area contributed by atoms with E-state index in [9.17, 15) is 14.7 Å². The number of amides is 1. The summed E-state index contributed by atoms with van der Waals surface area (Å²) < 4.78 is 1.71. The maximum atomic E-state index is 11.7. The molecule has 0 spiro atoms. The summed E-state index contributed by atoms with van der Waals surface area (Å²) in [5, 5.41) is 21.8. The first-order valence-corrected chi connectivity index (χ1v) is 9.43. The van der Waals surface area contributed by atoms with Gasteiger partial charge in [0.25, 0.3) is 0 Å². The number of aliphatic carboxylic acids is 1. The standard InChI is InChI=1S/C13H18N6O3S2/c1-17(2)3-4-18-13(14-15-16-18)24-7-8-6-23-10-5-9(20)19(10)11(8)12(21)22/h10H,3-7H2,1-2H3,(H,21,22)/t10-/m1/s1. The van der Waals surface area contributed by atoms with Crippen LogP contribution in [-0.2, 0) is 16.1 Å². The van der Waals surface area contributed by atoms with Gasteiger partial charge in [-0.05, 0) is 30.1 Å². The zero-order valence-electron chi connectivity index (χ0n) is 13.4. The Morgan fingerprint density at radius 1 is 1.50 bits per heavy atom. The normalized spacial score (nSPS) is 20.4. The van der Waals surface area contributed by atoms with E-state index < -0.39 is 5.97 Å². The van der Waals surface area contributed by atoms with Gasteiger partial charge in [-0.25, -0.2) is 9.48 Å². The van der Waals surface area contributed by atoms with Crippen LogP contribution in [0.1, 0.15) is 6.42 Å². The zero-order chi connectivity index (χ0) is 17.3. The Morgan fingerprint density at radius 2 is 2.29 bits per heavy atom. The second-order valence-corrected chi connectivity index (χ2v) is 7.88. The number of likely N-dealkylation sites (N-methyl/N-ethyl adjacent to an activating group) is 1. The Balaban J connectivity index is 1.71. The topological polar surface area (TPSA) is 104 Å². The minimum Gasteiger partial charge on any atom is -0.477 e. The van der Waals surface area contributed by atoms with Gasteiger partial charge in [0.15, 0.2) is 0 Å². The Morgan fingerprint density at radius 3 is 2.96 bits per heavy atom. The van der Waals surface area contributed by atoms with Crippen molar-refractivity contribution in [1.29, 1.82) is 0 Å². The number of tetrazole rings is 1. The van der Waals surface area contributed by atoms with Crippen molar-refractivity contribution in [2.75, 3.05) is 32.1 Å². The Bertz CT molecular complexity index is 689. The minimum atomic E-state index is -1.05. The summed E-state index contributed by atoms with van der Waals surface area (Å²) in [4.78, 5) is 26.8. The molecule has 1 aromatic rings. The van der Waals surface area contributed by atoms with Crippen molar-refractivity contribution in [3.63, 3.8) is 0 Å². The quantitative estimate of drug-likeness (QED) is 0.523. The van der Waals surface area contributed by atoms with Gasteiger partial charge in [0.1, 0.15) is 5.70 Å². The Labute approximate surface area is 147 Å². The fourth-order valence-electron chi connectivity index (χ4n) is 2.48. The van der Waals surface area contributed by atoms with E-state index in [2.05, 4.69) is 15.5 Å². The highest BCUT2D eigenvalue weighted by molar-refractivity contribution is 8.00. The minimum absolute atomic E-state index is 0.0252. The lowest BCUT2D eigenvalue weighted by Gasteiger charge is -2.43. The number of hydrogen-bond acceptors (Lipinski definition) is 8. The average molecular weight is 370 g/mol. The SMILES string of the molecule is CN(C)CCn1nnnc1SCC1=C(C(=O)O)N2C(=O)C[C@H]2SC1. The third kappa shape index (κ3) is 3.42. The van der Waals surface area contributed by atoms with E-state index in [1.165, 1.54) is 16.7 Å². The number of hydrogen-bond donors (Lipinski definition) is 1. The van der Waals surface area contributed by atoms with E-state index in [4.69, 9.17) is 0 Å². The summed E-state index contributed by atoms with van der Waals surface area (Å²) in [6.07, 6.45) is 0.421. The van der Waals surface area contributed by atoms with Crippen LogP contribution >= 0.6 is 23.5 Å². The molecule has 1 atom stereocenters. The molecule has 11 heteroatoms. The van der Waals surface area contributed by atoms with E-state index in [0.29, 0.717) is 29.6 Å². The summed E-state index contributed by atoms with van der Waals surface area (Å²) >= 11 is 3.00. The molecule has 3 rings (SSSR count). The molecule has 0 aliphatic carbocycles. The molecule has 2 aliphatic rings. The number of aromatic nitrogens is 4. The number of thioether (sulfide) groups is 2. The number of rotatable bonds is 7. The van der Waals surface area contributed by atoms with Gasteiger partial charge < -0.3 is 10.0 Å². The van der Waals surface area contributed by atoms with Crippen LogP contribution in [0.15, 0.2) is 16.4 Å². The number of β-lactam (4-membered cyclic amide) rings is 1. The van der Waals surface area contributed by atoms with Crippen molar-refractivity contribution in [3.05, 3.63) is 11.3 Å². The largest absolute Gasteiger partial charge is 0.477 e. The number of carboxylic acids is 1. The number of carboxylic acid groups (broad SMARTS) is 1. The van der Waals surface area contributed by atoms with Crippen LogP contribution in [0.2, 0.25) is 0 Å². The van der Waals surface area contributed by atoms with Crippen LogP contribution in [-0.4, -0.2) is 84.5 Å². The van der Waals surface area contributed by atoms with E-state index in [-0.39, 0.29) is 17.0 Å². The average Bonchev–Trinajstić information content (AvgIpc) is 2.97. The van der Waals surface area contributed by atoms with Gasteiger partial charge in [-0.15, -0.1) is 16.9 Å². The van der Waals surface area contributed by atoms with Crippen molar-refractivity contribution in [2.45, 2.75) is 23.5 Å². The summed E-state index contributed by atoms with van der Waals surface area (Å²) in [5.74, 6) is -0.102. The first-order chi connectivity index (χ1) is 11.5. The van der Waals surface area contributed by atoms with Gasteiger partial charge in [-0.1, -0.05) is 11.8 Å². The lowest BCUT2D eigenvalue weighted by atomic mass is 10.1. The van der Waals surface area contributed by atoms with E-state index in [1.54, 1.807) is 16.4 Å². The molecule has 0 saturated carbocycles. The fraction of sp³-hybridized carbons (Fsp3) is 0.615. The van der Waals surface area contributed by atoms with Crippen LogP contribution in [0.4, 0.5) is 0 Å². The number of fused-ring (bicyclic) bond motifs is 1. The summed E-state index contributed by atoms with van der Waals surface area (Å²) in [6, 6.07) is 0. The van der Waals surface area contributed by atoms with Gasteiger partial charge in [-0.2, -0.15) is 0 Å². The second kappa shape index (κ2) is 7.11. The number of carbonyl (C=O) groups excluding carboxylic acids is 1. The summed E-state index contributed by atoms with van der Waals surface area (Å²) in [5.41, 5.74) is 0.874. The van der Waals surface area contributed by atoms with E-state index in [0.717, 1.165) is 12.1 Å². The van der Waals surface area contributed by atoms with Crippen molar-refractivity contribution >= 4 is 35.4 Å². The van der Waals surface area contributed by atoms with Crippen LogP contribution in [0.25, 0.3) is 0 Å². The van der Waals surface area contributed by atoms with Crippen LogP contribution in [0, 0.1) is 0 Å². The van der Waals surface area contributed by atoms with Gasteiger partial charge in [0.2, 0.25) is 11.1 Å². The molecule has 1 fully saturated rings. The van der Waals surface area contributed by atoms with Crippen LogP contribution in [0.5, 0.6) is 0 Å². The Hall–Kier alpha value is -1.59. The smallest absolute Gasteiger partial charge is 0.352 e. The number of carbonyl (C=O) groups is 2. The Kier molecular flexibility index (Phi) is 5.11. The van der Waals surface area contributed by atoms with Crippen LogP contribution < -0.4 is 0 Å². The molecule has 0 aromatic carbocycles. The predicted molar refractivity (Wildman–Crippen MR) is 89.5 cm³/mol. The molecule has 130 valence electrons. The van der Waals surface area contributed by atoms with Gasteiger partial charge in [0, 0.05) is 18.1 Å². The molecule has 1 saturated heterocycles.